The third-order valence-corrected chi connectivity index (χ3v) is 2.30. The fraction of sp³-hybridized carbons (Fsp3) is 0.750. The van der Waals surface area contributed by atoms with Crippen molar-refractivity contribution in [3.05, 3.63) is 11.9 Å². The summed E-state index contributed by atoms with van der Waals surface area (Å²) in [4.78, 5) is 2.47. The molecule has 4 nitrogen and oxygen atoms in total. The van der Waals surface area contributed by atoms with E-state index in [1.165, 1.54) is 25.9 Å². The first kappa shape index (κ1) is 7.73. The van der Waals surface area contributed by atoms with Gasteiger partial charge in [0.1, 0.15) is 6.20 Å². The fourth-order valence-electron chi connectivity index (χ4n) is 1.58. The minimum atomic E-state index is 0.993. The van der Waals surface area contributed by atoms with Crippen molar-refractivity contribution >= 4 is 0 Å². The number of aromatic amines is 1. The molecule has 0 bridgehead atoms. The van der Waals surface area contributed by atoms with Crippen LogP contribution in [0.15, 0.2) is 0 Å². The molecule has 0 aromatic carbocycles. The number of rotatable bonds is 3. The molecule has 12 heavy (non-hydrogen) atoms. The standard InChI is InChI=1S/C8H13N4/c1-2-5-12(4-1)6-3-8-7-9-11-10-8/h1-6H2,(H,9,10,11). The Kier molecular flexibility index (Phi) is 2.36. The van der Waals surface area contributed by atoms with Gasteiger partial charge in [-0.15, -0.1) is 5.10 Å². The van der Waals surface area contributed by atoms with Gasteiger partial charge in [0.25, 0.3) is 0 Å². The van der Waals surface area contributed by atoms with Gasteiger partial charge in [0.2, 0.25) is 0 Å². The monoisotopic (exact) mass is 165 g/mol. The van der Waals surface area contributed by atoms with E-state index in [-0.39, 0.29) is 0 Å². The van der Waals surface area contributed by atoms with E-state index in [1.54, 1.807) is 0 Å². The third kappa shape index (κ3) is 1.82. The molecular weight excluding hydrogens is 152 g/mol. The molecule has 0 spiro atoms. The van der Waals surface area contributed by atoms with Crippen LogP contribution in [-0.2, 0) is 6.42 Å². The highest BCUT2D eigenvalue weighted by molar-refractivity contribution is 4.89. The zero-order chi connectivity index (χ0) is 8.23. The average Bonchev–Trinajstić information content (AvgIpc) is 2.74. The first-order chi connectivity index (χ1) is 5.95. The number of aromatic nitrogens is 3. The van der Waals surface area contributed by atoms with Crippen molar-refractivity contribution < 1.29 is 0 Å². The summed E-state index contributed by atoms with van der Waals surface area (Å²) in [5.74, 6) is 0. The Hall–Kier alpha value is -0.900. The Labute approximate surface area is 72.0 Å². The molecule has 0 saturated carbocycles. The van der Waals surface area contributed by atoms with Crippen LogP contribution < -0.4 is 0 Å². The van der Waals surface area contributed by atoms with Gasteiger partial charge in [-0.3, -0.25) is 5.10 Å². The number of nitrogens with one attached hydrogen (secondary N) is 1. The zero-order valence-electron chi connectivity index (χ0n) is 7.08. The van der Waals surface area contributed by atoms with Crippen molar-refractivity contribution in [1.29, 1.82) is 0 Å². The van der Waals surface area contributed by atoms with Crippen LogP contribution in [0.4, 0.5) is 0 Å². The molecule has 1 aromatic heterocycles. The molecule has 2 heterocycles. The molecule has 0 amide bonds. The summed E-state index contributed by atoms with van der Waals surface area (Å²) in [5, 5.41) is 10.1. The number of nitrogens with zero attached hydrogens (tertiary/aromatic N) is 3. The predicted octanol–water partition coefficient (Wildman–Crippen LogP) is 0.243. The molecule has 0 aliphatic carbocycles. The van der Waals surface area contributed by atoms with E-state index in [1.807, 2.05) is 0 Å². The predicted molar refractivity (Wildman–Crippen MR) is 44.6 cm³/mol. The first-order valence-electron chi connectivity index (χ1n) is 4.45. The molecule has 1 N–H and O–H groups in total. The minimum Gasteiger partial charge on any atom is -0.303 e. The normalized spacial score (nSPS) is 18.7. The second-order valence-electron chi connectivity index (χ2n) is 3.20. The van der Waals surface area contributed by atoms with Crippen molar-refractivity contribution in [1.82, 2.24) is 20.3 Å². The molecular formula is C8H13N4. The van der Waals surface area contributed by atoms with E-state index >= 15 is 0 Å². The van der Waals surface area contributed by atoms with E-state index in [0.29, 0.717) is 0 Å². The maximum atomic E-state index is 3.62. The Morgan fingerprint density at radius 1 is 1.42 bits per heavy atom. The quantitative estimate of drug-likeness (QED) is 0.698. The van der Waals surface area contributed by atoms with Crippen molar-refractivity contribution in [2.24, 2.45) is 0 Å². The van der Waals surface area contributed by atoms with E-state index < -0.39 is 0 Å². The largest absolute Gasteiger partial charge is 0.303 e. The lowest BCUT2D eigenvalue weighted by Gasteiger charge is -2.12. The molecule has 65 valence electrons. The second-order valence-corrected chi connectivity index (χ2v) is 3.20. The minimum absolute atomic E-state index is 0.993. The lowest BCUT2D eigenvalue weighted by Crippen LogP contribution is -2.22. The van der Waals surface area contributed by atoms with Crippen molar-refractivity contribution in [3.63, 3.8) is 0 Å². The van der Waals surface area contributed by atoms with Gasteiger partial charge >= 0.3 is 0 Å². The van der Waals surface area contributed by atoms with Crippen LogP contribution in [0, 0.1) is 6.20 Å². The summed E-state index contributed by atoms with van der Waals surface area (Å²) in [5.41, 5.74) is 1.02. The summed E-state index contributed by atoms with van der Waals surface area (Å²) in [6.07, 6.45) is 6.52. The van der Waals surface area contributed by atoms with Crippen LogP contribution in [-0.4, -0.2) is 39.9 Å². The molecule has 1 aromatic rings. The maximum absolute atomic E-state index is 3.62. The van der Waals surface area contributed by atoms with Gasteiger partial charge in [-0.05, 0) is 25.9 Å². The van der Waals surface area contributed by atoms with Crippen LogP contribution in [0.5, 0.6) is 0 Å². The Balaban J connectivity index is 1.74. The van der Waals surface area contributed by atoms with E-state index in [2.05, 4.69) is 26.5 Å². The maximum Gasteiger partial charge on any atom is 0.138 e. The highest BCUT2D eigenvalue weighted by Gasteiger charge is 2.10. The second kappa shape index (κ2) is 3.67. The van der Waals surface area contributed by atoms with Crippen molar-refractivity contribution in [2.75, 3.05) is 19.6 Å². The average molecular weight is 165 g/mol. The number of H-pyrrole nitrogens is 1. The molecule has 0 unspecified atom stereocenters. The molecule has 1 saturated heterocycles. The van der Waals surface area contributed by atoms with E-state index in [4.69, 9.17) is 0 Å². The van der Waals surface area contributed by atoms with Crippen LogP contribution in [0.25, 0.3) is 0 Å². The molecule has 4 heteroatoms. The van der Waals surface area contributed by atoms with Crippen molar-refractivity contribution in [2.45, 2.75) is 19.3 Å². The van der Waals surface area contributed by atoms with E-state index in [0.717, 1.165) is 18.7 Å². The van der Waals surface area contributed by atoms with Gasteiger partial charge < -0.3 is 4.90 Å². The first-order valence-corrected chi connectivity index (χ1v) is 4.45. The number of hydrogen-bond donors (Lipinski definition) is 1. The summed E-state index contributed by atoms with van der Waals surface area (Å²) in [7, 11) is 0. The summed E-state index contributed by atoms with van der Waals surface area (Å²) in [6.45, 7) is 3.61. The Morgan fingerprint density at radius 2 is 2.25 bits per heavy atom. The fourth-order valence-corrected chi connectivity index (χ4v) is 1.58. The molecule has 1 fully saturated rings. The van der Waals surface area contributed by atoms with Crippen LogP contribution in [0.2, 0.25) is 0 Å². The Morgan fingerprint density at radius 3 is 2.92 bits per heavy atom. The zero-order valence-corrected chi connectivity index (χ0v) is 7.08. The molecule has 1 aliphatic heterocycles. The van der Waals surface area contributed by atoms with Crippen LogP contribution in [0.1, 0.15) is 18.5 Å². The van der Waals surface area contributed by atoms with Gasteiger partial charge in [-0.25, -0.2) is 0 Å². The van der Waals surface area contributed by atoms with Gasteiger partial charge in [-0.1, -0.05) is 5.21 Å². The SMILES string of the molecule is [c]1nn[nH]c1CCN1CCCC1. The highest BCUT2D eigenvalue weighted by atomic mass is 15.3. The van der Waals surface area contributed by atoms with E-state index in [9.17, 15) is 0 Å². The summed E-state index contributed by atoms with van der Waals surface area (Å²) in [6, 6.07) is 0. The van der Waals surface area contributed by atoms with Gasteiger partial charge in [0.05, 0.1) is 5.69 Å². The molecule has 2 rings (SSSR count). The number of hydrogen-bond acceptors (Lipinski definition) is 3. The number of likely N-dealkylation sites (tertiary alicyclic amines) is 1. The third-order valence-electron chi connectivity index (χ3n) is 2.30. The highest BCUT2D eigenvalue weighted by Crippen LogP contribution is 2.07. The lowest BCUT2D eigenvalue weighted by molar-refractivity contribution is 0.342. The topological polar surface area (TPSA) is 44.8 Å². The summed E-state index contributed by atoms with van der Waals surface area (Å²) >= 11 is 0. The van der Waals surface area contributed by atoms with Gasteiger partial charge in [-0.2, -0.15) is 0 Å². The smallest absolute Gasteiger partial charge is 0.138 e. The Bertz CT molecular complexity index is 213. The van der Waals surface area contributed by atoms with Crippen LogP contribution >= 0.6 is 0 Å². The molecule has 1 aliphatic rings. The van der Waals surface area contributed by atoms with Crippen LogP contribution in [0.3, 0.4) is 0 Å². The molecule has 1 radical (unpaired) electrons. The summed E-state index contributed by atoms with van der Waals surface area (Å²) < 4.78 is 0. The molecule has 0 atom stereocenters. The van der Waals surface area contributed by atoms with Crippen molar-refractivity contribution in [3.8, 4) is 0 Å². The van der Waals surface area contributed by atoms with Gasteiger partial charge in [0.15, 0.2) is 0 Å². The lowest BCUT2D eigenvalue weighted by atomic mass is 10.3. The van der Waals surface area contributed by atoms with Gasteiger partial charge in [0, 0.05) is 13.0 Å².